The molecule has 1 saturated carbocycles. The largest absolute Gasteiger partial charge is 0.371 e. The molecule has 10 rings (SSSR count). The van der Waals surface area contributed by atoms with Crippen molar-refractivity contribution in [1.82, 2.24) is 30.4 Å². The number of piperidine rings is 2. The van der Waals surface area contributed by atoms with Crippen LogP contribution in [0.2, 0.25) is 0 Å². The molecule has 3 N–H and O–H groups in total. The van der Waals surface area contributed by atoms with Crippen molar-refractivity contribution in [1.29, 1.82) is 0 Å². The second-order valence-corrected chi connectivity index (χ2v) is 17.9. The number of nitrogens with one attached hydrogen (secondary N) is 3. The highest BCUT2D eigenvalue weighted by Crippen LogP contribution is 2.34. The number of benzene rings is 4. The minimum absolute atomic E-state index is 0.0481. The molecular weight excluding hydrogens is 821 g/mol. The van der Waals surface area contributed by atoms with E-state index in [2.05, 4.69) is 59.9 Å². The molecule has 1 aliphatic carbocycles. The maximum Gasteiger partial charge on any atom is 0.322 e. The third-order valence-electron chi connectivity index (χ3n) is 14.0. The first-order valence-electron chi connectivity index (χ1n) is 23.0. The molecule has 1 unspecified atom stereocenters. The van der Waals surface area contributed by atoms with Crippen LogP contribution in [0.5, 0.6) is 0 Å². The zero-order valence-electron chi connectivity index (χ0n) is 36.4. The summed E-state index contributed by atoms with van der Waals surface area (Å²) in [5.74, 6) is -1.32. The quantitative estimate of drug-likeness (QED) is 0.142. The zero-order chi connectivity index (χ0) is 44.4. The molecule has 5 aliphatic rings. The molecule has 4 aliphatic heterocycles. The third-order valence-corrected chi connectivity index (χ3v) is 14.0. The average molecular weight is 875 g/mol. The highest BCUT2D eigenvalue weighted by atomic mass is 16.2. The summed E-state index contributed by atoms with van der Waals surface area (Å²) in [6.07, 6.45) is 7.56. The second kappa shape index (κ2) is 18.3. The molecule has 5 aromatic rings. The van der Waals surface area contributed by atoms with Crippen LogP contribution >= 0.6 is 0 Å². The molecule has 15 heteroatoms. The smallest absolute Gasteiger partial charge is 0.322 e. The first-order chi connectivity index (χ1) is 31.8. The SMILES string of the molecule is O=C1CCC(N2C(=O)c3ccc(N4CCC(N5CCN(c6ccc(N(C(=O)NCc7ccccc7)C7CCC(Nc8ncc9ccccc9n8)CC7)cc6)CC5)CC4)cc3C2=O)C(=O)N1. The first kappa shape index (κ1) is 42.1. The Morgan fingerprint density at radius 2 is 1.40 bits per heavy atom. The number of nitrogens with zero attached hydrogens (tertiary/aromatic N) is 7. The van der Waals surface area contributed by atoms with Crippen LogP contribution in [0.3, 0.4) is 0 Å². The average Bonchev–Trinajstić information content (AvgIpc) is 3.59. The molecule has 6 amide bonds. The number of carbonyl (C=O) groups is 5. The Hall–Kier alpha value is -6.87. The van der Waals surface area contributed by atoms with E-state index in [9.17, 15) is 24.0 Å². The van der Waals surface area contributed by atoms with E-state index in [1.165, 1.54) is 0 Å². The van der Waals surface area contributed by atoms with E-state index in [0.717, 1.165) is 116 Å². The Bertz CT molecular complexity index is 2580. The van der Waals surface area contributed by atoms with Crippen LogP contribution in [-0.2, 0) is 16.1 Å². The third kappa shape index (κ3) is 8.84. The Labute approximate surface area is 378 Å². The first-order valence-corrected chi connectivity index (χ1v) is 23.0. The van der Waals surface area contributed by atoms with Gasteiger partial charge in [-0.05, 0) is 99.0 Å². The fourth-order valence-corrected chi connectivity index (χ4v) is 10.4. The minimum Gasteiger partial charge on any atom is -0.371 e. The minimum atomic E-state index is -0.976. The summed E-state index contributed by atoms with van der Waals surface area (Å²) in [5.41, 5.74) is 5.52. The number of hydrogen-bond acceptors (Lipinski definition) is 11. The number of anilines is 4. The second-order valence-electron chi connectivity index (χ2n) is 17.9. The number of para-hydroxylation sites is 1. The highest BCUT2D eigenvalue weighted by molar-refractivity contribution is 6.23. The maximum absolute atomic E-state index is 14.1. The summed E-state index contributed by atoms with van der Waals surface area (Å²) < 4.78 is 0. The van der Waals surface area contributed by atoms with Crippen molar-refractivity contribution in [2.75, 3.05) is 59.3 Å². The topological polar surface area (TPSA) is 163 Å². The lowest BCUT2D eigenvalue weighted by molar-refractivity contribution is -0.136. The van der Waals surface area contributed by atoms with Crippen LogP contribution in [0, 0.1) is 0 Å². The Morgan fingerprint density at radius 1 is 0.708 bits per heavy atom. The van der Waals surface area contributed by atoms with Gasteiger partial charge in [0.2, 0.25) is 17.8 Å². The van der Waals surface area contributed by atoms with Gasteiger partial charge in [-0.2, -0.15) is 0 Å². The lowest BCUT2D eigenvalue weighted by Crippen LogP contribution is -2.54. The molecule has 0 radical (unpaired) electrons. The van der Waals surface area contributed by atoms with E-state index in [1.807, 2.05) is 71.8 Å². The van der Waals surface area contributed by atoms with Crippen LogP contribution in [0.25, 0.3) is 10.9 Å². The predicted octanol–water partition coefficient (Wildman–Crippen LogP) is 5.96. The van der Waals surface area contributed by atoms with Gasteiger partial charge in [0, 0.05) is 99.0 Å². The Kier molecular flexibility index (Phi) is 11.9. The van der Waals surface area contributed by atoms with Gasteiger partial charge in [0.15, 0.2) is 0 Å². The van der Waals surface area contributed by atoms with Crippen molar-refractivity contribution in [2.24, 2.45) is 0 Å². The van der Waals surface area contributed by atoms with E-state index in [4.69, 9.17) is 4.98 Å². The molecule has 5 heterocycles. The number of carbonyl (C=O) groups excluding carboxylic acids is 5. The molecule has 0 spiro atoms. The number of urea groups is 1. The predicted molar refractivity (Wildman–Crippen MR) is 249 cm³/mol. The van der Waals surface area contributed by atoms with Gasteiger partial charge in [-0.1, -0.05) is 48.5 Å². The van der Waals surface area contributed by atoms with Gasteiger partial charge in [-0.15, -0.1) is 0 Å². The molecule has 1 atom stereocenters. The normalized spacial score (nSPS) is 21.9. The van der Waals surface area contributed by atoms with Gasteiger partial charge in [0.1, 0.15) is 6.04 Å². The van der Waals surface area contributed by atoms with Gasteiger partial charge < -0.3 is 20.4 Å². The van der Waals surface area contributed by atoms with Crippen LogP contribution < -0.4 is 30.7 Å². The summed E-state index contributed by atoms with van der Waals surface area (Å²) >= 11 is 0. The highest BCUT2D eigenvalue weighted by Gasteiger charge is 2.45. The molecular formula is C50H54N10O5. The Morgan fingerprint density at radius 3 is 2.15 bits per heavy atom. The molecule has 3 saturated heterocycles. The lowest BCUT2D eigenvalue weighted by Gasteiger charge is -2.44. The van der Waals surface area contributed by atoms with Gasteiger partial charge in [0.25, 0.3) is 11.8 Å². The van der Waals surface area contributed by atoms with Crippen molar-refractivity contribution in [3.05, 3.63) is 120 Å². The fourth-order valence-electron chi connectivity index (χ4n) is 10.4. The number of fused-ring (bicyclic) bond motifs is 2. The molecule has 1 aromatic heterocycles. The van der Waals surface area contributed by atoms with E-state index < -0.39 is 23.8 Å². The van der Waals surface area contributed by atoms with E-state index >= 15 is 0 Å². The van der Waals surface area contributed by atoms with Gasteiger partial charge in [0.05, 0.1) is 16.6 Å². The number of hydrogen-bond donors (Lipinski definition) is 3. The van der Waals surface area contributed by atoms with Crippen LogP contribution in [0.15, 0.2) is 103 Å². The van der Waals surface area contributed by atoms with Crippen LogP contribution in [0.4, 0.5) is 27.8 Å². The summed E-state index contributed by atoms with van der Waals surface area (Å²) in [7, 11) is 0. The summed E-state index contributed by atoms with van der Waals surface area (Å²) in [5, 5.41) is 10.0. The summed E-state index contributed by atoms with van der Waals surface area (Å²) in [4.78, 5) is 84.5. The number of aromatic nitrogens is 2. The van der Waals surface area contributed by atoms with Crippen molar-refractivity contribution in [3.63, 3.8) is 0 Å². The zero-order valence-corrected chi connectivity index (χ0v) is 36.4. The summed E-state index contributed by atoms with van der Waals surface area (Å²) in [6.45, 7) is 5.83. The van der Waals surface area contributed by atoms with Gasteiger partial charge in [-0.25, -0.2) is 14.8 Å². The van der Waals surface area contributed by atoms with Crippen LogP contribution in [0.1, 0.15) is 77.6 Å². The molecule has 4 fully saturated rings. The van der Waals surface area contributed by atoms with Gasteiger partial charge >= 0.3 is 6.03 Å². The number of rotatable bonds is 10. The van der Waals surface area contributed by atoms with E-state index in [0.29, 0.717) is 29.7 Å². The van der Waals surface area contributed by atoms with E-state index in [-0.39, 0.29) is 36.9 Å². The molecule has 0 bridgehead atoms. The van der Waals surface area contributed by atoms with Crippen LogP contribution in [-0.4, -0.2) is 113 Å². The van der Waals surface area contributed by atoms with E-state index in [1.54, 1.807) is 12.1 Å². The van der Waals surface area contributed by atoms with Gasteiger partial charge in [-0.3, -0.25) is 39.2 Å². The van der Waals surface area contributed by atoms with Crippen molar-refractivity contribution < 1.29 is 24.0 Å². The van der Waals surface area contributed by atoms with Crippen molar-refractivity contribution in [2.45, 2.75) is 82.1 Å². The summed E-state index contributed by atoms with van der Waals surface area (Å²) in [6, 6.07) is 31.6. The Balaban J connectivity index is 0.736. The molecule has 4 aromatic carbocycles. The maximum atomic E-state index is 14.1. The number of amides is 6. The van der Waals surface area contributed by atoms with Crippen molar-refractivity contribution >= 4 is 63.6 Å². The van der Waals surface area contributed by atoms with Crippen molar-refractivity contribution in [3.8, 4) is 0 Å². The standard InChI is InChI=1S/C50H54N10O5/c61-45-21-20-44(46(62)55-45)60-47(63)41-19-18-40(30-42(41)48(60)64)56-24-22-37(23-25-56)58-28-26-57(27-29-58)36-14-16-39(17-15-36)59(50(65)52-31-33-6-2-1-3-7-33)38-12-10-35(11-13-38)53-49-51-32-34-8-4-5-9-43(34)54-49/h1-9,14-19,30,32,35,37-38,44H,10-13,20-29,31H2,(H,52,65)(H,51,53,54)(H,55,61,62). The number of piperazine rings is 1. The number of imide groups is 2. The lowest BCUT2D eigenvalue weighted by atomic mass is 9.90. The molecule has 334 valence electrons. The fraction of sp³-hybridized carbons (Fsp3) is 0.380. The molecule has 15 nitrogen and oxygen atoms in total. The molecule has 65 heavy (non-hydrogen) atoms. The monoisotopic (exact) mass is 874 g/mol.